The lowest BCUT2D eigenvalue weighted by molar-refractivity contribution is -0.118. The van der Waals surface area contributed by atoms with Crippen LogP contribution in [0, 0.1) is 13.8 Å². The zero-order valence-electron chi connectivity index (χ0n) is 19.4. The highest BCUT2D eigenvalue weighted by Gasteiger charge is 2.15. The van der Waals surface area contributed by atoms with Gasteiger partial charge in [-0.1, -0.05) is 17.7 Å². The van der Waals surface area contributed by atoms with E-state index in [-0.39, 0.29) is 30.2 Å². The van der Waals surface area contributed by atoms with E-state index in [9.17, 15) is 14.4 Å². The minimum atomic E-state index is -0.663. The normalized spacial score (nSPS) is 10.7. The molecule has 0 bridgehead atoms. The third-order valence-electron chi connectivity index (χ3n) is 4.98. The Morgan fingerprint density at radius 3 is 2.57 bits per heavy atom. The van der Waals surface area contributed by atoms with Crippen LogP contribution >= 0.6 is 0 Å². The monoisotopic (exact) mass is 477 g/mol. The number of nitrogens with one attached hydrogen (secondary N) is 1. The van der Waals surface area contributed by atoms with Crippen molar-refractivity contribution in [3.05, 3.63) is 87.5 Å². The lowest BCUT2D eigenvalue weighted by Crippen LogP contribution is -2.21. The number of ether oxygens (including phenoxy) is 3. The van der Waals surface area contributed by atoms with E-state index in [4.69, 9.17) is 18.7 Å². The second-order valence-corrected chi connectivity index (χ2v) is 7.73. The standard InChI is InChI=1S/C25H23N3O7/c1-15-4-7-19(8-5-15)33-14-23(29)27-20-11-17(6-9-21(20)32-3)25(31)34-13-18-12-24(30)28-22(26-18)10-16(2)35-28/h4-12H,13-14H2,1-3H3,(H,27,29). The SMILES string of the molecule is COc1ccc(C(=O)OCc2cc(=O)n3oc(C)cc3n2)cc1NC(=O)COc1ccc(C)cc1. The van der Waals surface area contributed by atoms with Crippen LogP contribution in [-0.4, -0.2) is 35.2 Å². The van der Waals surface area contributed by atoms with E-state index in [1.54, 1.807) is 25.1 Å². The van der Waals surface area contributed by atoms with Crippen molar-refractivity contribution in [3.8, 4) is 11.5 Å². The van der Waals surface area contributed by atoms with Crippen molar-refractivity contribution in [3.63, 3.8) is 0 Å². The van der Waals surface area contributed by atoms with Crippen molar-refractivity contribution in [2.24, 2.45) is 0 Å². The fourth-order valence-corrected chi connectivity index (χ4v) is 3.27. The molecule has 35 heavy (non-hydrogen) atoms. The average Bonchev–Trinajstić information content (AvgIpc) is 3.23. The number of carbonyl (C=O) groups excluding carboxylic acids is 2. The molecule has 4 aromatic rings. The fraction of sp³-hybridized carbons (Fsp3) is 0.200. The number of aryl methyl sites for hydroxylation is 2. The molecule has 2 aromatic carbocycles. The molecule has 2 heterocycles. The summed E-state index contributed by atoms with van der Waals surface area (Å²) in [6.07, 6.45) is 0. The zero-order chi connectivity index (χ0) is 24.9. The Morgan fingerprint density at radius 1 is 1.06 bits per heavy atom. The number of methoxy groups -OCH3 is 1. The number of anilines is 1. The molecular formula is C25H23N3O7. The Bertz CT molecular complexity index is 1440. The van der Waals surface area contributed by atoms with Gasteiger partial charge in [0.25, 0.3) is 11.5 Å². The number of fused-ring (bicyclic) bond motifs is 1. The largest absolute Gasteiger partial charge is 0.495 e. The van der Waals surface area contributed by atoms with Crippen LogP contribution in [-0.2, 0) is 16.1 Å². The molecule has 0 unspecified atom stereocenters. The van der Waals surface area contributed by atoms with Crippen molar-refractivity contribution in [2.45, 2.75) is 20.5 Å². The first-order chi connectivity index (χ1) is 16.8. The summed E-state index contributed by atoms with van der Waals surface area (Å²) in [6.45, 7) is 3.21. The number of aromatic nitrogens is 2. The van der Waals surface area contributed by atoms with Gasteiger partial charge in [0, 0.05) is 12.1 Å². The Labute approximate surface area is 200 Å². The summed E-state index contributed by atoms with van der Waals surface area (Å²) in [7, 11) is 1.45. The highest BCUT2D eigenvalue weighted by atomic mass is 16.5. The first-order valence-electron chi connectivity index (χ1n) is 10.7. The van der Waals surface area contributed by atoms with Crippen molar-refractivity contribution in [1.82, 2.24) is 9.56 Å². The van der Waals surface area contributed by atoms with Crippen LogP contribution in [0.4, 0.5) is 5.69 Å². The molecule has 0 saturated heterocycles. The van der Waals surface area contributed by atoms with Gasteiger partial charge in [0.1, 0.15) is 23.9 Å². The number of benzene rings is 2. The van der Waals surface area contributed by atoms with Crippen LogP contribution in [0.25, 0.3) is 5.65 Å². The highest BCUT2D eigenvalue weighted by molar-refractivity contribution is 5.96. The first kappa shape index (κ1) is 23.6. The Balaban J connectivity index is 1.41. The minimum Gasteiger partial charge on any atom is -0.495 e. The summed E-state index contributed by atoms with van der Waals surface area (Å²) >= 11 is 0. The maximum Gasteiger partial charge on any atom is 0.338 e. The fourth-order valence-electron chi connectivity index (χ4n) is 3.27. The third-order valence-corrected chi connectivity index (χ3v) is 4.98. The van der Waals surface area contributed by atoms with Crippen molar-refractivity contribution in [1.29, 1.82) is 0 Å². The molecule has 0 spiro atoms. The molecule has 1 N–H and O–H groups in total. The summed E-state index contributed by atoms with van der Waals surface area (Å²) in [5, 5.41) is 2.68. The molecule has 1 amide bonds. The Kier molecular flexibility index (Phi) is 6.81. The first-order valence-corrected chi connectivity index (χ1v) is 10.7. The Hall–Kier alpha value is -4.60. The maximum atomic E-state index is 12.6. The summed E-state index contributed by atoms with van der Waals surface area (Å²) in [5.41, 5.74) is 1.72. The number of amides is 1. The van der Waals surface area contributed by atoms with Crippen molar-refractivity contribution >= 4 is 23.2 Å². The van der Waals surface area contributed by atoms with E-state index < -0.39 is 17.4 Å². The summed E-state index contributed by atoms with van der Waals surface area (Å²) < 4.78 is 22.4. The van der Waals surface area contributed by atoms with Gasteiger partial charge in [-0.2, -0.15) is 0 Å². The summed E-state index contributed by atoms with van der Waals surface area (Å²) in [6, 6.07) is 14.6. The lowest BCUT2D eigenvalue weighted by Gasteiger charge is -2.12. The molecule has 0 atom stereocenters. The predicted octanol–water partition coefficient (Wildman–Crippen LogP) is 3.29. The van der Waals surface area contributed by atoms with Gasteiger partial charge in [-0.3, -0.25) is 9.59 Å². The van der Waals surface area contributed by atoms with Crippen LogP contribution in [0.2, 0.25) is 0 Å². The van der Waals surface area contributed by atoms with Gasteiger partial charge in [-0.25, -0.2) is 9.78 Å². The number of nitrogens with zero attached hydrogens (tertiary/aromatic N) is 2. The minimum absolute atomic E-state index is 0.178. The van der Waals surface area contributed by atoms with Crippen LogP contribution < -0.4 is 20.3 Å². The molecule has 4 rings (SSSR count). The van der Waals surface area contributed by atoms with Crippen LogP contribution in [0.5, 0.6) is 11.5 Å². The van der Waals surface area contributed by atoms with Gasteiger partial charge >= 0.3 is 5.97 Å². The lowest BCUT2D eigenvalue weighted by atomic mass is 10.2. The molecule has 0 aliphatic carbocycles. The molecular weight excluding hydrogens is 454 g/mol. The van der Waals surface area contributed by atoms with Gasteiger partial charge in [0.05, 0.1) is 24.1 Å². The zero-order valence-corrected chi connectivity index (χ0v) is 19.4. The predicted molar refractivity (Wildman–Crippen MR) is 126 cm³/mol. The summed E-state index contributed by atoms with van der Waals surface area (Å²) in [4.78, 5) is 41.4. The van der Waals surface area contributed by atoms with E-state index in [1.165, 1.54) is 31.4 Å². The molecule has 0 radical (unpaired) electrons. The van der Waals surface area contributed by atoms with Gasteiger partial charge in [-0.15, -0.1) is 4.57 Å². The molecule has 180 valence electrons. The molecule has 0 fully saturated rings. The van der Waals surface area contributed by atoms with E-state index in [0.29, 0.717) is 22.9 Å². The number of esters is 1. The summed E-state index contributed by atoms with van der Waals surface area (Å²) in [5.74, 6) is 0.362. The number of hydrogen-bond donors (Lipinski definition) is 1. The van der Waals surface area contributed by atoms with E-state index >= 15 is 0 Å². The maximum absolute atomic E-state index is 12.6. The highest BCUT2D eigenvalue weighted by Crippen LogP contribution is 2.26. The number of hydrogen-bond acceptors (Lipinski definition) is 8. The Morgan fingerprint density at radius 2 is 1.83 bits per heavy atom. The van der Waals surface area contributed by atoms with Gasteiger partial charge < -0.3 is 24.1 Å². The third kappa shape index (κ3) is 5.67. The molecule has 2 aromatic heterocycles. The number of carbonyl (C=O) groups is 2. The van der Waals surface area contributed by atoms with Crippen LogP contribution in [0.1, 0.15) is 27.4 Å². The average molecular weight is 477 g/mol. The quantitative estimate of drug-likeness (QED) is 0.384. The topological polar surface area (TPSA) is 121 Å². The second-order valence-electron chi connectivity index (χ2n) is 7.73. The van der Waals surface area contributed by atoms with E-state index in [1.807, 2.05) is 19.1 Å². The van der Waals surface area contributed by atoms with Crippen molar-refractivity contribution in [2.75, 3.05) is 19.0 Å². The number of rotatable bonds is 8. The molecule has 0 saturated carbocycles. The molecule has 0 aliphatic heterocycles. The molecule has 0 aliphatic rings. The smallest absolute Gasteiger partial charge is 0.338 e. The van der Waals surface area contributed by atoms with E-state index in [0.717, 1.165) is 10.1 Å². The van der Waals surface area contributed by atoms with Crippen molar-refractivity contribution < 1.29 is 28.3 Å². The van der Waals surface area contributed by atoms with Gasteiger partial charge in [0.2, 0.25) is 0 Å². The molecule has 10 nitrogen and oxygen atoms in total. The second kappa shape index (κ2) is 10.1. The molecule has 10 heteroatoms. The van der Waals surface area contributed by atoms with Gasteiger partial charge in [-0.05, 0) is 44.2 Å². The van der Waals surface area contributed by atoms with Crippen LogP contribution in [0.3, 0.4) is 0 Å². The van der Waals surface area contributed by atoms with E-state index in [2.05, 4.69) is 10.3 Å². The van der Waals surface area contributed by atoms with Gasteiger partial charge in [0.15, 0.2) is 12.3 Å². The van der Waals surface area contributed by atoms with Crippen LogP contribution in [0.15, 0.2) is 63.9 Å².